The van der Waals surface area contributed by atoms with Crippen LogP contribution in [0.3, 0.4) is 0 Å². The molecule has 0 amide bonds. The summed E-state index contributed by atoms with van der Waals surface area (Å²) >= 11 is 3.47. The van der Waals surface area contributed by atoms with Crippen molar-refractivity contribution in [3.05, 3.63) is 53.0 Å². The summed E-state index contributed by atoms with van der Waals surface area (Å²) in [6.45, 7) is 0. The van der Waals surface area contributed by atoms with E-state index in [0.29, 0.717) is 11.6 Å². The van der Waals surface area contributed by atoms with Crippen LogP contribution in [0, 0.1) is 0 Å². The first-order chi connectivity index (χ1) is 9.20. The average Bonchev–Trinajstić information content (AvgIpc) is 2.42. The van der Waals surface area contributed by atoms with Crippen LogP contribution in [0.2, 0.25) is 0 Å². The Morgan fingerprint density at radius 3 is 2.47 bits per heavy atom. The summed E-state index contributed by atoms with van der Waals surface area (Å²) in [6, 6.07) is 15.8. The van der Waals surface area contributed by atoms with Crippen LogP contribution in [0.25, 0.3) is 10.8 Å². The van der Waals surface area contributed by atoms with Gasteiger partial charge in [-0.3, -0.25) is 0 Å². The zero-order valence-electron chi connectivity index (χ0n) is 9.97. The predicted octanol–water partition coefficient (Wildman–Crippen LogP) is 3.72. The van der Waals surface area contributed by atoms with E-state index in [-0.39, 0.29) is 0 Å². The maximum Gasteiger partial charge on any atom is 0.153 e. The van der Waals surface area contributed by atoms with E-state index in [2.05, 4.69) is 55.7 Å². The summed E-state index contributed by atoms with van der Waals surface area (Å²) < 4.78 is 1.07. The molecule has 19 heavy (non-hydrogen) atoms. The highest BCUT2D eigenvalue weighted by Crippen LogP contribution is 2.24. The average molecular weight is 315 g/mol. The van der Waals surface area contributed by atoms with E-state index in [1.165, 1.54) is 5.39 Å². The van der Waals surface area contributed by atoms with E-state index >= 15 is 0 Å². The number of nitrogens with two attached hydrogens (primary N) is 1. The van der Waals surface area contributed by atoms with Gasteiger partial charge < -0.3 is 11.1 Å². The summed E-state index contributed by atoms with van der Waals surface area (Å²) in [5.74, 6) is 1.08. The molecule has 0 unspecified atom stereocenters. The van der Waals surface area contributed by atoms with Gasteiger partial charge in [-0.25, -0.2) is 0 Å². The van der Waals surface area contributed by atoms with Gasteiger partial charge in [-0.2, -0.15) is 0 Å². The molecule has 0 aliphatic heterocycles. The van der Waals surface area contributed by atoms with Gasteiger partial charge in [-0.15, -0.1) is 10.2 Å². The van der Waals surface area contributed by atoms with E-state index in [1.807, 2.05) is 12.1 Å². The Morgan fingerprint density at radius 2 is 1.68 bits per heavy atom. The van der Waals surface area contributed by atoms with Crippen molar-refractivity contribution in [2.45, 2.75) is 0 Å². The van der Waals surface area contributed by atoms with Crippen LogP contribution in [0.15, 0.2) is 53.0 Å². The number of nitrogens with zero attached hydrogens (tertiary/aromatic N) is 2. The van der Waals surface area contributed by atoms with Gasteiger partial charge in [0.05, 0.1) is 0 Å². The Balaban J connectivity index is 1.93. The van der Waals surface area contributed by atoms with Crippen LogP contribution in [0.5, 0.6) is 0 Å². The molecule has 0 fully saturated rings. The van der Waals surface area contributed by atoms with Crippen LogP contribution in [-0.4, -0.2) is 10.2 Å². The van der Waals surface area contributed by atoms with E-state index in [0.717, 1.165) is 15.5 Å². The number of rotatable bonds is 2. The van der Waals surface area contributed by atoms with E-state index < -0.39 is 0 Å². The second-order valence-corrected chi connectivity index (χ2v) is 5.09. The molecule has 3 rings (SSSR count). The number of hydrogen-bond donors (Lipinski definition) is 2. The van der Waals surface area contributed by atoms with Gasteiger partial charge in [-0.05, 0) is 47.2 Å². The Kier molecular flexibility index (Phi) is 3.05. The summed E-state index contributed by atoms with van der Waals surface area (Å²) in [6.07, 6.45) is 0. The highest BCUT2D eigenvalue weighted by Gasteiger charge is 2.00. The molecule has 0 saturated carbocycles. The minimum absolute atomic E-state index is 0.411. The van der Waals surface area contributed by atoms with Crippen molar-refractivity contribution in [1.29, 1.82) is 0 Å². The van der Waals surface area contributed by atoms with Crippen LogP contribution >= 0.6 is 15.9 Å². The third-order valence-corrected chi connectivity index (χ3v) is 3.25. The second-order valence-electron chi connectivity index (χ2n) is 4.17. The Bertz CT molecular complexity index is 725. The van der Waals surface area contributed by atoms with Crippen LogP contribution in [-0.2, 0) is 0 Å². The smallest absolute Gasteiger partial charge is 0.153 e. The molecule has 3 aromatic rings. The zero-order valence-corrected chi connectivity index (χ0v) is 11.6. The number of benzene rings is 2. The van der Waals surface area contributed by atoms with Crippen molar-refractivity contribution in [2.24, 2.45) is 0 Å². The fourth-order valence-corrected chi connectivity index (χ4v) is 2.23. The quantitative estimate of drug-likeness (QED) is 0.756. The lowest BCUT2D eigenvalue weighted by Gasteiger charge is -2.06. The van der Waals surface area contributed by atoms with Crippen molar-refractivity contribution in [3.63, 3.8) is 0 Å². The summed E-state index contributed by atoms with van der Waals surface area (Å²) in [4.78, 5) is 0. The van der Waals surface area contributed by atoms with Crippen molar-refractivity contribution < 1.29 is 0 Å². The molecular formula is C14H11BrN4. The van der Waals surface area contributed by atoms with Gasteiger partial charge in [0.2, 0.25) is 0 Å². The number of aromatic nitrogens is 2. The van der Waals surface area contributed by atoms with E-state index in [4.69, 9.17) is 5.73 Å². The molecule has 3 N–H and O–H groups in total. The van der Waals surface area contributed by atoms with Crippen molar-refractivity contribution >= 4 is 44.0 Å². The molecule has 0 saturated heterocycles. The Labute approximate surface area is 118 Å². The number of halogens is 1. The third-order valence-electron chi connectivity index (χ3n) is 2.76. The molecule has 0 radical (unpaired) electrons. The van der Waals surface area contributed by atoms with Gasteiger partial charge in [0.15, 0.2) is 5.82 Å². The molecule has 2 aromatic carbocycles. The number of anilines is 3. The van der Waals surface area contributed by atoms with E-state index in [1.54, 1.807) is 12.1 Å². The third kappa shape index (κ3) is 2.66. The summed E-state index contributed by atoms with van der Waals surface area (Å²) in [7, 11) is 0. The van der Waals surface area contributed by atoms with Crippen LogP contribution in [0.4, 0.5) is 17.3 Å². The zero-order chi connectivity index (χ0) is 13.2. The first-order valence-electron chi connectivity index (χ1n) is 5.76. The van der Waals surface area contributed by atoms with E-state index in [9.17, 15) is 0 Å². The molecule has 1 aromatic heterocycles. The predicted molar refractivity (Wildman–Crippen MR) is 81.4 cm³/mol. The molecule has 5 heteroatoms. The monoisotopic (exact) mass is 314 g/mol. The van der Waals surface area contributed by atoms with Crippen molar-refractivity contribution in [3.8, 4) is 0 Å². The second kappa shape index (κ2) is 4.85. The van der Waals surface area contributed by atoms with Gasteiger partial charge >= 0.3 is 0 Å². The molecule has 0 aliphatic rings. The van der Waals surface area contributed by atoms with Crippen LogP contribution in [0.1, 0.15) is 0 Å². The number of nitrogens with one attached hydrogen (secondary N) is 1. The minimum atomic E-state index is 0.411. The van der Waals surface area contributed by atoms with Gasteiger partial charge in [-0.1, -0.05) is 28.1 Å². The molecule has 4 nitrogen and oxygen atoms in total. The SMILES string of the molecule is Nc1ccc(Nc2ccc3cc(Br)ccc3c2)nn1. The lowest BCUT2D eigenvalue weighted by Crippen LogP contribution is -1.97. The fraction of sp³-hybridized carbons (Fsp3) is 0. The maximum atomic E-state index is 5.50. The topological polar surface area (TPSA) is 63.8 Å². The fourth-order valence-electron chi connectivity index (χ4n) is 1.85. The van der Waals surface area contributed by atoms with Crippen molar-refractivity contribution in [2.75, 3.05) is 11.1 Å². The molecule has 0 spiro atoms. The Morgan fingerprint density at radius 1 is 0.895 bits per heavy atom. The molecule has 0 bridgehead atoms. The number of hydrogen-bond acceptors (Lipinski definition) is 4. The van der Waals surface area contributed by atoms with Crippen molar-refractivity contribution in [1.82, 2.24) is 10.2 Å². The Hall–Kier alpha value is -2.14. The van der Waals surface area contributed by atoms with Gasteiger partial charge in [0, 0.05) is 10.2 Å². The minimum Gasteiger partial charge on any atom is -0.382 e. The lowest BCUT2D eigenvalue weighted by molar-refractivity contribution is 1.05. The van der Waals surface area contributed by atoms with Gasteiger partial charge in [0.1, 0.15) is 5.82 Å². The van der Waals surface area contributed by atoms with Crippen LogP contribution < -0.4 is 11.1 Å². The summed E-state index contributed by atoms with van der Waals surface area (Å²) in [5.41, 5.74) is 6.47. The molecule has 0 aliphatic carbocycles. The molecule has 0 atom stereocenters. The number of fused-ring (bicyclic) bond motifs is 1. The normalized spacial score (nSPS) is 10.6. The highest BCUT2D eigenvalue weighted by molar-refractivity contribution is 9.10. The number of nitrogen functional groups attached to an aromatic ring is 1. The molecule has 94 valence electrons. The highest BCUT2D eigenvalue weighted by atomic mass is 79.9. The first kappa shape index (κ1) is 11.9. The maximum absolute atomic E-state index is 5.50. The first-order valence-corrected chi connectivity index (χ1v) is 6.55. The molecule has 1 heterocycles. The molecular weight excluding hydrogens is 304 g/mol. The summed E-state index contributed by atoms with van der Waals surface area (Å²) in [5, 5.41) is 13.3. The largest absolute Gasteiger partial charge is 0.382 e. The van der Waals surface area contributed by atoms with Gasteiger partial charge in [0.25, 0.3) is 0 Å². The lowest BCUT2D eigenvalue weighted by atomic mass is 10.1. The standard InChI is InChI=1S/C14H11BrN4/c15-11-3-1-10-8-12(4-2-9(10)7-11)17-14-6-5-13(16)18-19-14/h1-8H,(H2,16,18)(H,17,19).